The van der Waals surface area contributed by atoms with Gasteiger partial charge in [0.2, 0.25) is 11.0 Å². The Morgan fingerprint density at radius 2 is 2.20 bits per heavy atom. The summed E-state index contributed by atoms with van der Waals surface area (Å²) in [6.07, 6.45) is 3.54. The topological polar surface area (TPSA) is 49.3 Å². The van der Waals surface area contributed by atoms with E-state index in [1.54, 1.807) is 16.8 Å². The van der Waals surface area contributed by atoms with Gasteiger partial charge in [0.1, 0.15) is 5.51 Å². The lowest BCUT2D eigenvalue weighted by Crippen LogP contribution is -2.45. The van der Waals surface area contributed by atoms with Crippen LogP contribution in [0.25, 0.3) is 0 Å². The van der Waals surface area contributed by atoms with Gasteiger partial charge in [-0.3, -0.25) is 4.79 Å². The Morgan fingerprint density at radius 1 is 1.35 bits per heavy atom. The van der Waals surface area contributed by atoms with E-state index in [4.69, 9.17) is 0 Å². The first-order valence-corrected chi connectivity index (χ1v) is 8.28. The van der Waals surface area contributed by atoms with Crippen molar-refractivity contribution in [3.8, 4) is 0 Å². The van der Waals surface area contributed by atoms with E-state index in [1.807, 2.05) is 13.8 Å². The van der Waals surface area contributed by atoms with Crippen LogP contribution < -0.4 is 4.90 Å². The zero-order valence-electron chi connectivity index (χ0n) is 12.2. The Bertz CT molecular complexity index is 476. The van der Waals surface area contributed by atoms with Gasteiger partial charge in [0.25, 0.3) is 0 Å². The highest BCUT2D eigenvalue weighted by Gasteiger charge is 2.43. The molecule has 0 aliphatic carbocycles. The van der Waals surface area contributed by atoms with Crippen molar-refractivity contribution in [2.24, 2.45) is 11.3 Å². The van der Waals surface area contributed by atoms with Crippen LogP contribution >= 0.6 is 11.3 Å². The summed E-state index contributed by atoms with van der Waals surface area (Å²) in [5, 5.41) is 9.16. The number of carbonyl (C=O) groups excluding carboxylic acids is 1. The Morgan fingerprint density at radius 3 is 2.90 bits per heavy atom. The van der Waals surface area contributed by atoms with Gasteiger partial charge in [-0.1, -0.05) is 25.2 Å². The molecule has 2 aliphatic rings. The van der Waals surface area contributed by atoms with E-state index in [2.05, 4.69) is 20.0 Å². The molecule has 0 N–H and O–H groups in total. The van der Waals surface area contributed by atoms with Crippen LogP contribution in [0.2, 0.25) is 0 Å². The van der Waals surface area contributed by atoms with Gasteiger partial charge < -0.3 is 9.80 Å². The highest BCUT2D eigenvalue weighted by molar-refractivity contribution is 7.13. The third-order valence-electron chi connectivity index (χ3n) is 4.52. The fourth-order valence-electron chi connectivity index (χ4n) is 3.50. The third-order valence-corrected chi connectivity index (χ3v) is 5.27. The maximum Gasteiger partial charge on any atom is 0.225 e. The molecule has 0 bridgehead atoms. The predicted molar refractivity (Wildman–Crippen MR) is 79.8 cm³/mol. The number of piperidine rings is 1. The largest absolute Gasteiger partial charge is 0.346 e. The number of hydrogen-bond acceptors (Lipinski definition) is 5. The molecule has 1 spiro atoms. The molecule has 0 radical (unpaired) electrons. The summed E-state index contributed by atoms with van der Waals surface area (Å²) >= 11 is 1.61. The van der Waals surface area contributed by atoms with Gasteiger partial charge >= 0.3 is 0 Å². The normalized spacial score (nSPS) is 26.8. The number of amides is 1. The molecule has 1 aromatic rings. The zero-order chi connectivity index (χ0) is 14.2. The number of rotatable bonds is 2. The van der Waals surface area contributed by atoms with Crippen LogP contribution in [0.5, 0.6) is 0 Å². The standard InChI is InChI=1S/C14H22N4OS/c1-11(2)12(19)17-7-5-14(8-17)4-3-6-18(9-14)13-16-15-10-20-13/h10-11H,3-9H2,1-2H3/t14-/m1/s1. The molecule has 0 aromatic carbocycles. The molecule has 0 saturated carbocycles. The average molecular weight is 294 g/mol. The van der Waals surface area contributed by atoms with Crippen LogP contribution in [0.3, 0.4) is 0 Å². The Hall–Kier alpha value is -1.17. The van der Waals surface area contributed by atoms with E-state index in [1.165, 1.54) is 12.8 Å². The molecule has 1 aromatic heterocycles. The summed E-state index contributed by atoms with van der Waals surface area (Å²) < 4.78 is 0. The van der Waals surface area contributed by atoms with Gasteiger partial charge in [0.15, 0.2) is 0 Å². The molecule has 1 atom stereocenters. The lowest BCUT2D eigenvalue weighted by atomic mass is 9.79. The minimum absolute atomic E-state index is 0.105. The summed E-state index contributed by atoms with van der Waals surface area (Å²) in [5.74, 6) is 0.405. The summed E-state index contributed by atoms with van der Waals surface area (Å²) in [7, 11) is 0. The van der Waals surface area contributed by atoms with Crippen molar-refractivity contribution >= 4 is 22.4 Å². The molecule has 2 fully saturated rings. The monoisotopic (exact) mass is 294 g/mol. The van der Waals surface area contributed by atoms with Crippen molar-refractivity contribution in [3.63, 3.8) is 0 Å². The molecular formula is C14H22N4OS. The van der Waals surface area contributed by atoms with Crippen LogP contribution in [0, 0.1) is 11.3 Å². The Labute approximate surface area is 124 Å². The molecule has 3 heterocycles. The Balaban J connectivity index is 1.69. The van der Waals surface area contributed by atoms with E-state index in [0.717, 1.165) is 37.7 Å². The summed E-state index contributed by atoms with van der Waals surface area (Å²) in [6.45, 7) is 7.89. The number of likely N-dealkylation sites (tertiary alicyclic amines) is 1. The molecule has 2 aliphatic heterocycles. The fraction of sp³-hybridized carbons (Fsp3) is 0.786. The van der Waals surface area contributed by atoms with Crippen LogP contribution in [0.1, 0.15) is 33.1 Å². The van der Waals surface area contributed by atoms with Gasteiger partial charge in [-0.2, -0.15) is 0 Å². The van der Waals surface area contributed by atoms with Crippen LogP contribution in [0.4, 0.5) is 5.13 Å². The highest BCUT2D eigenvalue weighted by Crippen LogP contribution is 2.40. The minimum atomic E-state index is 0.105. The van der Waals surface area contributed by atoms with Gasteiger partial charge in [0, 0.05) is 37.5 Å². The van der Waals surface area contributed by atoms with E-state index >= 15 is 0 Å². The van der Waals surface area contributed by atoms with Gasteiger partial charge in [-0.25, -0.2) is 0 Å². The van der Waals surface area contributed by atoms with Crippen molar-refractivity contribution in [2.45, 2.75) is 33.1 Å². The van der Waals surface area contributed by atoms with E-state index < -0.39 is 0 Å². The number of nitrogens with zero attached hydrogens (tertiary/aromatic N) is 4. The SMILES string of the molecule is CC(C)C(=O)N1CC[C@]2(CCCN(c3nncs3)C2)C1. The van der Waals surface area contributed by atoms with Crippen LogP contribution in [0.15, 0.2) is 5.51 Å². The number of carbonyl (C=O) groups is 1. The Kier molecular flexibility index (Phi) is 3.67. The first-order chi connectivity index (χ1) is 9.60. The predicted octanol–water partition coefficient (Wildman–Crippen LogP) is 2.01. The first kappa shape index (κ1) is 13.8. The quantitative estimate of drug-likeness (QED) is 0.837. The minimum Gasteiger partial charge on any atom is -0.346 e. The summed E-state index contributed by atoms with van der Waals surface area (Å²) in [6, 6.07) is 0. The second-order valence-electron chi connectivity index (χ2n) is 6.41. The van der Waals surface area contributed by atoms with Gasteiger partial charge in [0.05, 0.1) is 0 Å². The maximum absolute atomic E-state index is 12.2. The van der Waals surface area contributed by atoms with Crippen LogP contribution in [-0.2, 0) is 4.79 Å². The zero-order valence-corrected chi connectivity index (χ0v) is 13.0. The van der Waals surface area contributed by atoms with Crippen molar-refractivity contribution in [1.82, 2.24) is 15.1 Å². The van der Waals surface area contributed by atoms with E-state index in [0.29, 0.717) is 5.91 Å². The van der Waals surface area contributed by atoms with Crippen molar-refractivity contribution in [3.05, 3.63) is 5.51 Å². The second kappa shape index (κ2) is 5.31. The first-order valence-electron chi connectivity index (χ1n) is 7.40. The molecule has 3 rings (SSSR count). The molecule has 6 heteroatoms. The van der Waals surface area contributed by atoms with Crippen LogP contribution in [-0.4, -0.2) is 47.2 Å². The van der Waals surface area contributed by atoms with Gasteiger partial charge in [-0.15, -0.1) is 10.2 Å². The third kappa shape index (κ3) is 2.53. The molecule has 5 nitrogen and oxygen atoms in total. The van der Waals surface area contributed by atoms with Crippen molar-refractivity contribution < 1.29 is 4.79 Å². The lowest BCUT2D eigenvalue weighted by Gasteiger charge is -2.40. The summed E-state index contributed by atoms with van der Waals surface area (Å²) in [5.41, 5.74) is 2.06. The average Bonchev–Trinajstić information content (AvgIpc) is 3.08. The molecule has 110 valence electrons. The smallest absolute Gasteiger partial charge is 0.225 e. The van der Waals surface area contributed by atoms with Crippen molar-refractivity contribution in [1.29, 1.82) is 0 Å². The second-order valence-corrected chi connectivity index (χ2v) is 7.22. The molecule has 2 saturated heterocycles. The van der Waals surface area contributed by atoms with Gasteiger partial charge in [-0.05, 0) is 19.3 Å². The van der Waals surface area contributed by atoms with Crippen molar-refractivity contribution in [2.75, 3.05) is 31.1 Å². The van der Waals surface area contributed by atoms with E-state index in [-0.39, 0.29) is 11.3 Å². The molecule has 20 heavy (non-hydrogen) atoms. The highest BCUT2D eigenvalue weighted by atomic mass is 32.1. The molecule has 0 unspecified atom stereocenters. The molecular weight excluding hydrogens is 272 g/mol. The lowest BCUT2D eigenvalue weighted by molar-refractivity contribution is -0.133. The fourth-order valence-corrected chi connectivity index (χ4v) is 4.09. The molecule has 1 amide bonds. The summed E-state index contributed by atoms with van der Waals surface area (Å²) in [4.78, 5) is 16.6. The number of aromatic nitrogens is 2. The van der Waals surface area contributed by atoms with E-state index in [9.17, 15) is 4.79 Å². The maximum atomic E-state index is 12.2. The number of anilines is 1. The number of hydrogen-bond donors (Lipinski definition) is 0.